The number of carbonyl (C=O) groups is 1. The molecule has 0 saturated carbocycles. The van der Waals surface area contributed by atoms with Gasteiger partial charge in [0.15, 0.2) is 0 Å². The van der Waals surface area contributed by atoms with Crippen LogP contribution in [0.15, 0.2) is 12.3 Å². The van der Waals surface area contributed by atoms with Crippen LogP contribution < -0.4 is 16.0 Å². The summed E-state index contributed by atoms with van der Waals surface area (Å²) in [5.74, 6) is 0.732. The lowest BCUT2D eigenvalue weighted by Gasteiger charge is -2.19. The number of anilines is 1. The minimum absolute atomic E-state index is 0.0392. The molecule has 1 amide bonds. The monoisotopic (exact) mass is 262 g/mol. The van der Waals surface area contributed by atoms with Crippen LogP contribution in [0, 0.1) is 12.8 Å². The van der Waals surface area contributed by atoms with E-state index >= 15 is 0 Å². The van der Waals surface area contributed by atoms with Crippen LogP contribution >= 0.6 is 0 Å². The van der Waals surface area contributed by atoms with Gasteiger partial charge < -0.3 is 16.0 Å². The van der Waals surface area contributed by atoms with Crippen LogP contribution in [-0.4, -0.2) is 30.5 Å². The Bertz CT molecular complexity index is 461. The number of pyridine rings is 1. The summed E-state index contributed by atoms with van der Waals surface area (Å²) in [5, 5.41) is 3.29. The highest BCUT2D eigenvalue weighted by Gasteiger charge is 2.28. The number of nitrogens with one attached hydrogen (secondary N) is 1. The SMILES string of the molecule is CCNCc1cnc(N2CCC(C(N)=O)C2)c(C)c1. The van der Waals surface area contributed by atoms with Crippen molar-refractivity contribution in [3.63, 3.8) is 0 Å². The van der Waals surface area contributed by atoms with Crippen molar-refractivity contribution in [2.24, 2.45) is 11.7 Å². The van der Waals surface area contributed by atoms with Crippen LogP contribution in [0.5, 0.6) is 0 Å². The fraction of sp³-hybridized carbons (Fsp3) is 0.571. The number of primary amides is 1. The average Bonchev–Trinajstić information content (AvgIpc) is 2.86. The Morgan fingerprint density at radius 3 is 3.00 bits per heavy atom. The number of aryl methyl sites for hydroxylation is 1. The summed E-state index contributed by atoms with van der Waals surface area (Å²) in [4.78, 5) is 17.9. The Morgan fingerprint density at radius 2 is 2.42 bits per heavy atom. The van der Waals surface area contributed by atoms with Crippen molar-refractivity contribution in [1.29, 1.82) is 0 Å². The maximum absolute atomic E-state index is 11.2. The predicted octanol–water partition coefficient (Wildman–Crippen LogP) is 0.811. The molecule has 1 aromatic rings. The summed E-state index contributed by atoms with van der Waals surface area (Å²) in [5.41, 5.74) is 7.70. The lowest BCUT2D eigenvalue weighted by atomic mass is 10.1. The van der Waals surface area contributed by atoms with Gasteiger partial charge in [-0.2, -0.15) is 0 Å². The molecule has 1 aliphatic rings. The first kappa shape index (κ1) is 13.8. The standard InChI is InChI=1S/C14H22N4O/c1-3-16-7-11-6-10(2)14(17-8-11)18-5-4-12(9-18)13(15)19/h6,8,12,16H,3-5,7,9H2,1-2H3,(H2,15,19). The molecule has 5 heteroatoms. The number of nitrogens with zero attached hydrogens (tertiary/aromatic N) is 2. The number of carbonyl (C=O) groups excluding carboxylic acids is 1. The van der Waals surface area contributed by atoms with Gasteiger partial charge >= 0.3 is 0 Å². The Labute approximate surface area is 114 Å². The van der Waals surface area contributed by atoms with Crippen LogP contribution in [0.25, 0.3) is 0 Å². The van der Waals surface area contributed by atoms with Crippen LogP contribution in [0.3, 0.4) is 0 Å². The third kappa shape index (κ3) is 3.23. The second kappa shape index (κ2) is 6.02. The highest BCUT2D eigenvalue weighted by Crippen LogP contribution is 2.25. The van der Waals surface area contributed by atoms with E-state index in [9.17, 15) is 4.79 Å². The normalized spacial score (nSPS) is 18.8. The van der Waals surface area contributed by atoms with Gasteiger partial charge in [0.05, 0.1) is 5.92 Å². The molecule has 1 unspecified atom stereocenters. The fourth-order valence-electron chi connectivity index (χ4n) is 2.51. The van der Waals surface area contributed by atoms with Gasteiger partial charge in [0.2, 0.25) is 5.91 Å². The molecule has 5 nitrogen and oxygen atoms in total. The Hall–Kier alpha value is -1.62. The molecule has 0 aliphatic carbocycles. The van der Waals surface area contributed by atoms with Crippen molar-refractivity contribution < 1.29 is 4.79 Å². The van der Waals surface area contributed by atoms with Gasteiger partial charge in [0, 0.05) is 25.8 Å². The lowest BCUT2D eigenvalue weighted by Crippen LogP contribution is -2.28. The van der Waals surface area contributed by atoms with E-state index in [0.717, 1.165) is 37.4 Å². The third-order valence-corrected chi connectivity index (χ3v) is 3.58. The fourth-order valence-corrected chi connectivity index (χ4v) is 2.51. The molecule has 0 aromatic carbocycles. The zero-order chi connectivity index (χ0) is 13.8. The van der Waals surface area contributed by atoms with Crippen LogP contribution in [0.4, 0.5) is 5.82 Å². The number of rotatable bonds is 5. The summed E-state index contributed by atoms with van der Waals surface area (Å²) < 4.78 is 0. The molecule has 104 valence electrons. The highest BCUT2D eigenvalue weighted by molar-refractivity contribution is 5.78. The van der Waals surface area contributed by atoms with Gasteiger partial charge in [-0.05, 0) is 37.1 Å². The molecule has 2 rings (SSSR count). The minimum Gasteiger partial charge on any atom is -0.369 e. The van der Waals surface area contributed by atoms with Crippen molar-refractivity contribution in [3.8, 4) is 0 Å². The van der Waals surface area contributed by atoms with Crippen molar-refractivity contribution in [2.45, 2.75) is 26.8 Å². The molecule has 1 atom stereocenters. The zero-order valence-electron chi connectivity index (χ0n) is 11.6. The van der Waals surface area contributed by atoms with Gasteiger partial charge in [-0.25, -0.2) is 4.98 Å². The molecule has 1 aliphatic heterocycles. The van der Waals surface area contributed by atoms with Gasteiger partial charge in [-0.15, -0.1) is 0 Å². The van der Waals surface area contributed by atoms with Crippen molar-refractivity contribution in [3.05, 3.63) is 23.4 Å². The van der Waals surface area contributed by atoms with Gasteiger partial charge in [0.25, 0.3) is 0 Å². The van der Waals surface area contributed by atoms with Crippen LogP contribution in [0.1, 0.15) is 24.5 Å². The molecule has 2 heterocycles. The van der Waals surface area contributed by atoms with E-state index in [0.29, 0.717) is 6.54 Å². The zero-order valence-corrected chi connectivity index (χ0v) is 11.6. The molecular weight excluding hydrogens is 240 g/mol. The van der Waals surface area contributed by atoms with E-state index in [2.05, 4.69) is 35.1 Å². The number of nitrogens with two attached hydrogens (primary N) is 1. The number of hydrogen-bond donors (Lipinski definition) is 2. The first-order valence-corrected chi connectivity index (χ1v) is 6.82. The van der Waals surface area contributed by atoms with Gasteiger partial charge in [0.1, 0.15) is 5.82 Å². The Kier molecular flexibility index (Phi) is 4.37. The quantitative estimate of drug-likeness (QED) is 0.824. The maximum Gasteiger partial charge on any atom is 0.222 e. The number of amides is 1. The smallest absolute Gasteiger partial charge is 0.222 e. The van der Waals surface area contributed by atoms with E-state index in [1.54, 1.807) is 0 Å². The lowest BCUT2D eigenvalue weighted by molar-refractivity contribution is -0.121. The van der Waals surface area contributed by atoms with Crippen molar-refractivity contribution in [2.75, 3.05) is 24.5 Å². The summed E-state index contributed by atoms with van der Waals surface area (Å²) >= 11 is 0. The molecule has 19 heavy (non-hydrogen) atoms. The topological polar surface area (TPSA) is 71.2 Å². The van der Waals surface area contributed by atoms with E-state index < -0.39 is 0 Å². The van der Waals surface area contributed by atoms with E-state index in [-0.39, 0.29) is 11.8 Å². The third-order valence-electron chi connectivity index (χ3n) is 3.58. The van der Waals surface area contributed by atoms with Gasteiger partial charge in [-0.1, -0.05) is 6.92 Å². The first-order valence-electron chi connectivity index (χ1n) is 6.82. The summed E-state index contributed by atoms with van der Waals surface area (Å²) in [6.07, 6.45) is 2.73. The van der Waals surface area contributed by atoms with Gasteiger partial charge in [-0.3, -0.25) is 4.79 Å². The van der Waals surface area contributed by atoms with E-state index in [1.807, 2.05) is 6.20 Å². The summed E-state index contributed by atoms with van der Waals surface area (Å²) in [7, 11) is 0. The molecule has 0 radical (unpaired) electrons. The second-order valence-corrected chi connectivity index (χ2v) is 5.10. The molecule has 1 fully saturated rings. The molecule has 1 saturated heterocycles. The second-order valence-electron chi connectivity index (χ2n) is 5.10. The summed E-state index contributed by atoms with van der Waals surface area (Å²) in [6, 6.07) is 2.16. The summed E-state index contributed by atoms with van der Waals surface area (Å²) in [6.45, 7) is 7.49. The molecule has 1 aromatic heterocycles. The largest absolute Gasteiger partial charge is 0.369 e. The van der Waals surface area contributed by atoms with Crippen molar-refractivity contribution in [1.82, 2.24) is 10.3 Å². The number of hydrogen-bond acceptors (Lipinski definition) is 4. The molecule has 0 spiro atoms. The first-order chi connectivity index (χ1) is 9.11. The molecule has 0 bridgehead atoms. The minimum atomic E-state index is -0.205. The predicted molar refractivity (Wildman–Crippen MR) is 75.9 cm³/mol. The Morgan fingerprint density at radius 1 is 1.63 bits per heavy atom. The van der Waals surface area contributed by atoms with E-state index in [1.165, 1.54) is 5.56 Å². The average molecular weight is 262 g/mol. The highest BCUT2D eigenvalue weighted by atomic mass is 16.1. The Balaban J connectivity index is 2.07. The van der Waals surface area contributed by atoms with Crippen LogP contribution in [0.2, 0.25) is 0 Å². The number of aromatic nitrogens is 1. The molecular formula is C14H22N4O. The molecule has 3 N–H and O–H groups in total. The van der Waals surface area contributed by atoms with Crippen LogP contribution in [-0.2, 0) is 11.3 Å². The maximum atomic E-state index is 11.2. The van der Waals surface area contributed by atoms with E-state index in [4.69, 9.17) is 5.73 Å². The van der Waals surface area contributed by atoms with Crippen molar-refractivity contribution >= 4 is 11.7 Å².